The highest BCUT2D eigenvalue weighted by molar-refractivity contribution is 7.09. The molecular formula is C25H37N3O2S. The summed E-state index contributed by atoms with van der Waals surface area (Å²) < 4.78 is 6.08. The normalized spacial score (nSPS) is 14.9. The van der Waals surface area contributed by atoms with Crippen LogP contribution in [0, 0.1) is 5.92 Å². The van der Waals surface area contributed by atoms with Gasteiger partial charge in [-0.25, -0.2) is 4.98 Å². The third-order valence-electron chi connectivity index (χ3n) is 5.78. The maximum Gasteiger partial charge on any atom is 0.225 e. The molecular weight excluding hydrogens is 406 g/mol. The van der Waals surface area contributed by atoms with Gasteiger partial charge in [0.2, 0.25) is 5.91 Å². The Morgan fingerprint density at radius 3 is 2.61 bits per heavy atom. The van der Waals surface area contributed by atoms with Crippen LogP contribution >= 0.6 is 11.3 Å². The van der Waals surface area contributed by atoms with E-state index in [0.29, 0.717) is 19.1 Å². The molecule has 1 aliphatic heterocycles. The standard InChI is InChI=1S/C25H37N3O2S/c1-19(2)22-10-6-7-11-23(22)30-17-24-26-21(18-31-24)16-28(25(29)20(3)4)15-14-27-12-8-5-9-13-27/h6-7,10-11,18-20H,5,8-9,12-17H2,1-4H3. The van der Waals surface area contributed by atoms with Crippen molar-refractivity contribution in [1.29, 1.82) is 0 Å². The SMILES string of the molecule is CC(C)C(=O)N(CCN1CCCCC1)Cc1csc(COc2ccccc2C(C)C)n1. The van der Waals surface area contributed by atoms with E-state index in [0.717, 1.165) is 42.6 Å². The third kappa shape index (κ3) is 7.04. The van der Waals surface area contributed by atoms with E-state index < -0.39 is 0 Å². The van der Waals surface area contributed by atoms with E-state index in [4.69, 9.17) is 9.72 Å². The van der Waals surface area contributed by atoms with Crippen LogP contribution in [-0.2, 0) is 17.9 Å². The van der Waals surface area contributed by atoms with Crippen molar-refractivity contribution >= 4 is 17.2 Å². The van der Waals surface area contributed by atoms with Gasteiger partial charge in [-0.3, -0.25) is 4.79 Å². The highest BCUT2D eigenvalue weighted by Gasteiger charge is 2.20. The van der Waals surface area contributed by atoms with Crippen LogP contribution in [0.2, 0.25) is 0 Å². The number of hydrogen-bond acceptors (Lipinski definition) is 5. The summed E-state index contributed by atoms with van der Waals surface area (Å²) in [6.45, 7) is 13.4. The predicted octanol–water partition coefficient (Wildman–Crippen LogP) is 5.32. The zero-order valence-corrected chi connectivity index (χ0v) is 20.3. The van der Waals surface area contributed by atoms with Crippen LogP contribution in [-0.4, -0.2) is 46.9 Å². The molecule has 1 aliphatic rings. The van der Waals surface area contributed by atoms with Crippen molar-refractivity contribution in [2.75, 3.05) is 26.2 Å². The molecule has 0 saturated carbocycles. The van der Waals surface area contributed by atoms with Gasteiger partial charge in [-0.2, -0.15) is 0 Å². The second kappa shape index (κ2) is 11.6. The molecule has 31 heavy (non-hydrogen) atoms. The molecule has 1 aromatic heterocycles. The van der Waals surface area contributed by atoms with E-state index in [1.807, 2.05) is 36.9 Å². The molecule has 2 heterocycles. The zero-order chi connectivity index (χ0) is 22.2. The highest BCUT2D eigenvalue weighted by Crippen LogP contribution is 2.27. The number of likely N-dealkylation sites (tertiary alicyclic amines) is 1. The number of thiazole rings is 1. The minimum Gasteiger partial charge on any atom is -0.486 e. The van der Waals surface area contributed by atoms with E-state index in [1.54, 1.807) is 11.3 Å². The molecule has 6 heteroatoms. The molecule has 0 N–H and O–H groups in total. The maximum atomic E-state index is 12.8. The Kier molecular flexibility index (Phi) is 8.90. The van der Waals surface area contributed by atoms with Crippen molar-refractivity contribution < 1.29 is 9.53 Å². The minimum atomic E-state index is -0.00432. The van der Waals surface area contributed by atoms with Crippen molar-refractivity contribution in [2.24, 2.45) is 5.92 Å². The molecule has 0 atom stereocenters. The second-order valence-electron chi connectivity index (χ2n) is 9.03. The lowest BCUT2D eigenvalue weighted by molar-refractivity contribution is -0.135. The van der Waals surface area contributed by atoms with E-state index in [9.17, 15) is 4.79 Å². The lowest BCUT2D eigenvalue weighted by Crippen LogP contribution is -2.41. The minimum absolute atomic E-state index is 0.00432. The number of carbonyl (C=O) groups excluding carboxylic acids is 1. The van der Waals surface area contributed by atoms with Gasteiger partial charge in [0.05, 0.1) is 12.2 Å². The van der Waals surface area contributed by atoms with Crippen LogP contribution in [0.4, 0.5) is 0 Å². The first-order valence-corrected chi connectivity index (χ1v) is 12.5. The topological polar surface area (TPSA) is 45.7 Å². The van der Waals surface area contributed by atoms with Gasteiger partial charge in [0, 0.05) is 24.4 Å². The molecule has 0 spiro atoms. The molecule has 0 bridgehead atoms. The molecule has 5 nitrogen and oxygen atoms in total. The smallest absolute Gasteiger partial charge is 0.225 e. The number of amides is 1. The fraction of sp³-hybridized carbons (Fsp3) is 0.600. The number of nitrogens with zero attached hydrogens (tertiary/aromatic N) is 3. The molecule has 0 radical (unpaired) electrons. The second-order valence-corrected chi connectivity index (χ2v) is 9.97. The van der Waals surface area contributed by atoms with Crippen LogP contribution in [0.15, 0.2) is 29.6 Å². The molecule has 0 unspecified atom stereocenters. The summed E-state index contributed by atoms with van der Waals surface area (Å²) in [6, 6.07) is 8.19. The largest absolute Gasteiger partial charge is 0.486 e. The van der Waals surface area contributed by atoms with E-state index in [2.05, 4.69) is 30.2 Å². The van der Waals surface area contributed by atoms with Gasteiger partial charge < -0.3 is 14.5 Å². The van der Waals surface area contributed by atoms with Crippen molar-refractivity contribution in [3.05, 3.63) is 45.9 Å². The Balaban J connectivity index is 1.59. The molecule has 1 amide bonds. The number of benzene rings is 1. The number of ether oxygens (including phenoxy) is 1. The molecule has 1 saturated heterocycles. The third-order valence-corrected chi connectivity index (χ3v) is 6.66. The van der Waals surface area contributed by atoms with Crippen molar-refractivity contribution in [2.45, 2.75) is 66.0 Å². The zero-order valence-electron chi connectivity index (χ0n) is 19.5. The molecule has 170 valence electrons. The quantitative estimate of drug-likeness (QED) is 0.499. The van der Waals surface area contributed by atoms with Gasteiger partial charge >= 0.3 is 0 Å². The fourth-order valence-corrected chi connectivity index (χ4v) is 4.69. The van der Waals surface area contributed by atoms with Crippen LogP contribution in [0.5, 0.6) is 5.75 Å². The number of aromatic nitrogens is 1. The summed E-state index contributed by atoms with van der Waals surface area (Å²) in [5.41, 5.74) is 2.17. The highest BCUT2D eigenvalue weighted by atomic mass is 32.1. The Morgan fingerprint density at radius 2 is 1.90 bits per heavy atom. The van der Waals surface area contributed by atoms with E-state index in [1.165, 1.54) is 24.8 Å². The molecule has 0 aliphatic carbocycles. The fourth-order valence-electron chi connectivity index (χ4n) is 3.99. The number of carbonyl (C=O) groups is 1. The van der Waals surface area contributed by atoms with E-state index in [-0.39, 0.29) is 11.8 Å². The summed E-state index contributed by atoms with van der Waals surface area (Å²) in [5.74, 6) is 1.54. The van der Waals surface area contributed by atoms with Crippen molar-refractivity contribution in [3.8, 4) is 5.75 Å². The first-order valence-electron chi connectivity index (χ1n) is 11.6. The summed E-state index contributed by atoms with van der Waals surface area (Å²) in [6.07, 6.45) is 3.87. The lowest BCUT2D eigenvalue weighted by atomic mass is 10.0. The summed E-state index contributed by atoms with van der Waals surface area (Å²) in [4.78, 5) is 22.0. The van der Waals surface area contributed by atoms with Crippen LogP contribution in [0.3, 0.4) is 0 Å². The van der Waals surface area contributed by atoms with Gasteiger partial charge in [-0.05, 0) is 43.5 Å². The Labute approximate surface area is 191 Å². The van der Waals surface area contributed by atoms with Crippen molar-refractivity contribution in [1.82, 2.24) is 14.8 Å². The first-order chi connectivity index (χ1) is 14.9. The monoisotopic (exact) mass is 443 g/mol. The van der Waals surface area contributed by atoms with Crippen LogP contribution in [0.1, 0.15) is 69.1 Å². The lowest BCUT2D eigenvalue weighted by Gasteiger charge is -2.30. The first kappa shape index (κ1) is 23.7. The Hall–Kier alpha value is -1.92. The van der Waals surface area contributed by atoms with E-state index >= 15 is 0 Å². The number of hydrogen-bond donors (Lipinski definition) is 0. The molecule has 2 aromatic rings. The summed E-state index contributed by atoms with van der Waals surface area (Å²) >= 11 is 1.61. The van der Waals surface area contributed by atoms with Crippen LogP contribution < -0.4 is 4.74 Å². The summed E-state index contributed by atoms with van der Waals surface area (Å²) in [7, 11) is 0. The number of para-hydroxylation sites is 1. The maximum absolute atomic E-state index is 12.8. The van der Waals surface area contributed by atoms with Gasteiger partial charge in [0.25, 0.3) is 0 Å². The molecule has 1 aromatic carbocycles. The molecule has 3 rings (SSSR count). The number of rotatable bonds is 10. The van der Waals surface area contributed by atoms with Gasteiger partial charge in [0.1, 0.15) is 17.4 Å². The molecule has 1 fully saturated rings. The van der Waals surface area contributed by atoms with Gasteiger partial charge in [-0.15, -0.1) is 11.3 Å². The Bertz CT molecular complexity index is 828. The predicted molar refractivity (Wildman–Crippen MR) is 128 cm³/mol. The summed E-state index contributed by atoms with van der Waals surface area (Å²) in [5, 5.41) is 3.01. The van der Waals surface area contributed by atoms with Gasteiger partial charge in [0.15, 0.2) is 0 Å². The van der Waals surface area contributed by atoms with Gasteiger partial charge in [-0.1, -0.05) is 52.3 Å². The average molecular weight is 444 g/mol. The Morgan fingerprint density at radius 1 is 1.16 bits per heavy atom. The number of piperidine rings is 1. The van der Waals surface area contributed by atoms with Crippen molar-refractivity contribution in [3.63, 3.8) is 0 Å². The average Bonchev–Trinajstić information content (AvgIpc) is 3.22. The van der Waals surface area contributed by atoms with Crippen LogP contribution in [0.25, 0.3) is 0 Å².